The van der Waals surface area contributed by atoms with Crippen LogP contribution in [0.5, 0.6) is 0 Å². The lowest BCUT2D eigenvalue weighted by atomic mass is 10.1. The highest BCUT2D eigenvalue weighted by atomic mass is 32.2. The van der Waals surface area contributed by atoms with Gasteiger partial charge in [-0.05, 0) is 49.3 Å². The van der Waals surface area contributed by atoms with Crippen LogP contribution in [0.25, 0.3) is 0 Å². The number of carbonyl (C=O) groups excluding carboxylic acids is 1. The quantitative estimate of drug-likeness (QED) is 0.888. The smallest absolute Gasteiger partial charge is 0.253 e. The van der Waals surface area contributed by atoms with E-state index in [-0.39, 0.29) is 16.8 Å². The van der Waals surface area contributed by atoms with Crippen LogP contribution in [0.2, 0.25) is 0 Å². The molecule has 1 aliphatic carbocycles. The molecule has 2 atom stereocenters. The fourth-order valence-electron chi connectivity index (χ4n) is 2.81. The first-order chi connectivity index (χ1) is 10.3. The van der Waals surface area contributed by atoms with E-state index in [0.29, 0.717) is 10.8 Å². The summed E-state index contributed by atoms with van der Waals surface area (Å²) in [5.41, 5.74) is 0.487. The van der Waals surface area contributed by atoms with Crippen molar-refractivity contribution in [2.45, 2.75) is 42.4 Å². The third kappa shape index (κ3) is 4.02. The molecule has 1 aromatic rings. The zero-order valence-corrected chi connectivity index (χ0v) is 14.5. The summed E-state index contributed by atoms with van der Waals surface area (Å²) < 4.78 is 22.5. The highest BCUT2D eigenvalue weighted by Crippen LogP contribution is 2.32. The third-order valence-electron chi connectivity index (χ3n) is 4.06. The summed E-state index contributed by atoms with van der Waals surface area (Å²) >= 11 is 1.95. The van der Waals surface area contributed by atoms with Crippen LogP contribution in [-0.4, -0.2) is 43.3 Å². The number of nitrogens with zero attached hydrogens (tertiary/aromatic N) is 1. The Morgan fingerprint density at radius 1 is 1.32 bits per heavy atom. The Morgan fingerprint density at radius 3 is 2.50 bits per heavy atom. The maximum atomic E-state index is 12.5. The van der Waals surface area contributed by atoms with Gasteiger partial charge in [0.2, 0.25) is 10.0 Å². The first-order valence-corrected chi connectivity index (χ1v) is 9.94. The molecule has 1 aromatic carbocycles. The van der Waals surface area contributed by atoms with Crippen LogP contribution in [-0.2, 0) is 10.0 Å². The van der Waals surface area contributed by atoms with E-state index >= 15 is 0 Å². The van der Waals surface area contributed by atoms with Crippen molar-refractivity contribution in [3.05, 3.63) is 29.8 Å². The van der Waals surface area contributed by atoms with Gasteiger partial charge < -0.3 is 4.90 Å². The predicted octanol–water partition coefficient (Wildman–Crippen LogP) is 2.08. The number of sulfonamides is 1. The Kier molecular flexibility index (Phi) is 5.52. The van der Waals surface area contributed by atoms with Crippen molar-refractivity contribution < 1.29 is 13.2 Å². The highest BCUT2D eigenvalue weighted by Gasteiger charge is 2.30. The van der Waals surface area contributed by atoms with Crippen molar-refractivity contribution >= 4 is 27.7 Å². The summed E-state index contributed by atoms with van der Waals surface area (Å²) in [6.07, 6.45) is 3.19. The van der Waals surface area contributed by atoms with Crippen LogP contribution >= 0.6 is 11.8 Å². The van der Waals surface area contributed by atoms with Gasteiger partial charge in [0.05, 0.1) is 4.90 Å². The van der Waals surface area contributed by atoms with Crippen LogP contribution in [0, 0.1) is 0 Å². The summed E-state index contributed by atoms with van der Waals surface area (Å²) in [5.74, 6) is 1.03. The van der Waals surface area contributed by atoms with Crippen LogP contribution in [0.3, 0.4) is 0 Å². The second-order valence-corrected chi connectivity index (χ2v) is 8.67. The monoisotopic (exact) mass is 342 g/mol. The van der Waals surface area contributed by atoms with Crippen LogP contribution in [0.15, 0.2) is 29.2 Å². The minimum Gasteiger partial charge on any atom is -0.339 e. The normalized spacial score (nSPS) is 21.8. The van der Waals surface area contributed by atoms with Gasteiger partial charge in [-0.15, -0.1) is 0 Å². The average Bonchev–Trinajstić information content (AvgIpc) is 2.94. The van der Waals surface area contributed by atoms with E-state index in [4.69, 9.17) is 5.14 Å². The molecule has 0 bridgehead atoms. The van der Waals surface area contributed by atoms with Crippen molar-refractivity contribution in [2.24, 2.45) is 5.14 Å². The highest BCUT2D eigenvalue weighted by molar-refractivity contribution is 7.99. The molecule has 122 valence electrons. The number of benzene rings is 1. The molecule has 1 amide bonds. The third-order valence-corrected chi connectivity index (χ3v) is 6.22. The molecule has 0 saturated heterocycles. The lowest BCUT2D eigenvalue weighted by molar-refractivity contribution is 0.0735. The van der Waals surface area contributed by atoms with Crippen molar-refractivity contribution in [3.8, 4) is 0 Å². The summed E-state index contributed by atoms with van der Waals surface area (Å²) in [4.78, 5) is 14.3. The lowest BCUT2D eigenvalue weighted by Gasteiger charge is -2.25. The number of primary sulfonamides is 1. The SMILES string of the molecule is CCS[C@@H]1CC[C@H](N(C)C(=O)c2ccc(S(N)(=O)=O)cc2)C1. The van der Waals surface area contributed by atoms with Gasteiger partial charge in [0.15, 0.2) is 0 Å². The second kappa shape index (κ2) is 7.02. The number of amides is 1. The molecule has 0 aromatic heterocycles. The largest absolute Gasteiger partial charge is 0.339 e. The first-order valence-electron chi connectivity index (χ1n) is 7.34. The number of rotatable bonds is 5. The van der Waals surface area contributed by atoms with E-state index in [1.807, 2.05) is 18.8 Å². The van der Waals surface area contributed by atoms with Gasteiger partial charge in [-0.2, -0.15) is 11.8 Å². The fraction of sp³-hybridized carbons (Fsp3) is 0.533. The Balaban J connectivity index is 2.05. The zero-order chi connectivity index (χ0) is 16.3. The van der Waals surface area contributed by atoms with Crippen LogP contribution in [0.1, 0.15) is 36.5 Å². The van der Waals surface area contributed by atoms with Crippen molar-refractivity contribution in [2.75, 3.05) is 12.8 Å². The van der Waals surface area contributed by atoms with E-state index in [0.717, 1.165) is 25.0 Å². The zero-order valence-electron chi connectivity index (χ0n) is 12.9. The number of hydrogen-bond donors (Lipinski definition) is 1. The van der Waals surface area contributed by atoms with E-state index < -0.39 is 10.0 Å². The predicted molar refractivity (Wildman–Crippen MR) is 89.5 cm³/mol. The Labute approximate surface area is 136 Å². The molecular weight excluding hydrogens is 320 g/mol. The molecule has 22 heavy (non-hydrogen) atoms. The molecule has 2 rings (SSSR count). The second-order valence-electron chi connectivity index (χ2n) is 5.53. The molecule has 0 spiro atoms. The number of carbonyl (C=O) groups is 1. The average molecular weight is 342 g/mol. The van der Waals surface area contributed by atoms with Crippen LogP contribution in [0.4, 0.5) is 0 Å². The van der Waals surface area contributed by atoms with Gasteiger partial charge in [0.25, 0.3) is 5.91 Å². The Morgan fingerprint density at radius 2 is 1.95 bits per heavy atom. The molecule has 5 nitrogen and oxygen atoms in total. The van der Waals surface area contributed by atoms with E-state index in [1.165, 1.54) is 24.3 Å². The standard InChI is InChI=1S/C15H22N2O3S2/c1-3-21-13-7-6-12(10-13)17(2)15(18)11-4-8-14(9-5-11)22(16,19)20/h4-5,8-9,12-13H,3,6-7,10H2,1-2H3,(H2,16,19,20)/t12-,13+/m0/s1. The van der Waals surface area contributed by atoms with Gasteiger partial charge >= 0.3 is 0 Å². The Bertz CT molecular complexity index is 629. The molecule has 2 N–H and O–H groups in total. The molecule has 1 aliphatic rings. The van der Waals surface area contributed by atoms with Gasteiger partial charge in [-0.3, -0.25) is 4.79 Å². The molecule has 0 heterocycles. The van der Waals surface area contributed by atoms with Crippen molar-refractivity contribution in [3.63, 3.8) is 0 Å². The molecule has 0 aliphatic heterocycles. The van der Waals surface area contributed by atoms with Crippen molar-refractivity contribution in [1.29, 1.82) is 0 Å². The van der Waals surface area contributed by atoms with E-state index in [1.54, 1.807) is 4.90 Å². The summed E-state index contributed by atoms with van der Waals surface area (Å²) in [7, 11) is -1.90. The number of nitrogens with two attached hydrogens (primary N) is 1. The van der Waals surface area contributed by atoms with E-state index in [9.17, 15) is 13.2 Å². The molecule has 0 radical (unpaired) electrons. The maximum Gasteiger partial charge on any atom is 0.253 e. The molecular formula is C15H22N2O3S2. The molecule has 1 saturated carbocycles. The van der Waals surface area contributed by atoms with Gasteiger partial charge in [0, 0.05) is 23.9 Å². The molecule has 1 fully saturated rings. The summed E-state index contributed by atoms with van der Waals surface area (Å²) in [6.45, 7) is 2.15. The lowest BCUT2D eigenvalue weighted by Crippen LogP contribution is -2.35. The van der Waals surface area contributed by atoms with Gasteiger partial charge in [-0.1, -0.05) is 6.92 Å². The van der Waals surface area contributed by atoms with Crippen LogP contribution < -0.4 is 5.14 Å². The first kappa shape index (κ1) is 17.3. The minimum atomic E-state index is -3.72. The maximum absolute atomic E-state index is 12.5. The number of hydrogen-bond acceptors (Lipinski definition) is 4. The van der Waals surface area contributed by atoms with Crippen molar-refractivity contribution in [1.82, 2.24) is 4.90 Å². The summed E-state index contributed by atoms with van der Waals surface area (Å²) in [5, 5.41) is 5.69. The molecule has 7 heteroatoms. The van der Waals surface area contributed by atoms with Gasteiger partial charge in [0.1, 0.15) is 0 Å². The minimum absolute atomic E-state index is 0.0204. The van der Waals surface area contributed by atoms with E-state index in [2.05, 4.69) is 6.92 Å². The Hall–Kier alpha value is -1.05. The molecule has 0 unspecified atom stereocenters. The summed E-state index contributed by atoms with van der Waals surface area (Å²) in [6, 6.07) is 6.05. The number of thioether (sulfide) groups is 1. The fourth-order valence-corrected chi connectivity index (χ4v) is 4.46. The van der Waals surface area contributed by atoms with Gasteiger partial charge in [-0.25, -0.2) is 13.6 Å². The topological polar surface area (TPSA) is 80.5 Å².